The molecule has 2 aromatic rings. The van der Waals surface area contributed by atoms with Crippen molar-refractivity contribution in [3.05, 3.63) is 47.8 Å². The van der Waals surface area contributed by atoms with Gasteiger partial charge in [0.25, 0.3) is 5.91 Å². The predicted octanol–water partition coefficient (Wildman–Crippen LogP) is 3.08. The number of halogens is 1. The molecule has 0 aliphatic rings. The van der Waals surface area contributed by atoms with Crippen molar-refractivity contribution >= 4 is 16.7 Å². The number of rotatable bonds is 5. The van der Waals surface area contributed by atoms with Gasteiger partial charge in [0, 0.05) is 17.0 Å². The van der Waals surface area contributed by atoms with Crippen molar-refractivity contribution in [3.63, 3.8) is 0 Å². The average molecular weight is 288 g/mol. The van der Waals surface area contributed by atoms with Crippen LogP contribution in [-0.2, 0) is 0 Å². The van der Waals surface area contributed by atoms with E-state index in [0.717, 1.165) is 6.42 Å². The van der Waals surface area contributed by atoms with Crippen molar-refractivity contribution in [2.45, 2.75) is 26.3 Å². The van der Waals surface area contributed by atoms with Gasteiger partial charge in [-0.25, -0.2) is 4.39 Å². The van der Waals surface area contributed by atoms with E-state index in [1.807, 2.05) is 13.8 Å². The van der Waals surface area contributed by atoms with Gasteiger partial charge in [-0.2, -0.15) is 0 Å². The normalized spacial score (nSPS) is 12.6. The first-order valence-electron chi connectivity index (χ1n) is 7.22. The molecule has 0 heterocycles. The molecule has 2 rings (SSSR count). The number of fused-ring (bicyclic) bond motifs is 1. The van der Waals surface area contributed by atoms with E-state index in [0.29, 0.717) is 28.8 Å². The standard InChI is InChI=1S/C17H21FN2O/c1-11(2)16(9-10-19)20-17(21)14-7-8-15(18)13-6-4-3-5-12(13)14/h3-8,11,16H,9-10,19H2,1-2H3,(H,20,21). The number of carbonyl (C=O) groups excluding carboxylic acids is 1. The summed E-state index contributed by atoms with van der Waals surface area (Å²) >= 11 is 0. The summed E-state index contributed by atoms with van der Waals surface area (Å²) in [6.07, 6.45) is 0.725. The molecule has 0 aliphatic heterocycles. The van der Waals surface area contributed by atoms with Crippen molar-refractivity contribution < 1.29 is 9.18 Å². The summed E-state index contributed by atoms with van der Waals surface area (Å²) in [7, 11) is 0. The van der Waals surface area contributed by atoms with Gasteiger partial charge in [-0.3, -0.25) is 4.79 Å². The second-order valence-corrected chi connectivity index (χ2v) is 5.54. The van der Waals surface area contributed by atoms with Gasteiger partial charge in [-0.05, 0) is 36.4 Å². The van der Waals surface area contributed by atoms with Crippen LogP contribution in [0.15, 0.2) is 36.4 Å². The third-order valence-electron chi connectivity index (χ3n) is 3.71. The monoisotopic (exact) mass is 288 g/mol. The van der Waals surface area contributed by atoms with Crippen molar-refractivity contribution in [2.75, 3.05) is 6.54 Å². The van der Waals surface area contributed by atoms with Crippen LogP contribution >= 0.6 is 0 Å². The smallest absolute Gasteiger partial charge is 0.252 e. The van der Waals surface area contributed by atoms with Crippen molar-refractivity contribution in [3.8, 4) is 0 Å². The number of hydrogen-bond donors (Lipinski definition) is 2. The number of nitrogens with one attached hydrogen (secondary N) is 1. The maximum atomic E-state index is 13.8. The van der Waals surface area contributed by atoms with Gasteiger partial charge < -0.3 is 11.1 Å². The molecule has 21 heavy (non-hydrogen) atoms. The van der Waals surface area contributed by atoms with Gasteiger partial charge >= 0.3 is 0 Å². The fourth-order valence-corrected chi connectivity index (χ4v) is 2.46. The first-order chi connectivity index (χ1) is 10.0. The van der Waals surface area contributed by atoms with Crippen molar-refractivity contribution in [2.24, 2.45) is 11.7 Å². The second-order valence-electron chi connectivity index (χ2n) is 5.54. The Morgan fingerprint density at radius 2 is 1.86 bits per heavy atom. The molecule has 0 saturated carbocycles. The predicted molar refractivity (Wildman–Crippen MR) is 83.7 cm³/mol. The van der Waals surface area contributed by atoms with Gasteiger partial charge in [-0.1, -0.05) is 38.1 Å². The molecule has 3 nitrogen and oxygen atoms in total. The van der Waals surface area contributed by atoms with E-state index in [9.17, 15) is 9.18 Å². The molecule has 0 aliphatic carbocycles. The molecular formula is C17H21FN2O. The zero-order valence-electron chi connectivity index (χ0n) is 12.4. The van der Waals surface area contributed by atoms with Gasteiger partial charge in [0.2, 0.25) is 0 Å². The minimum Gasteiger partial charge on any atom is -0.349 e. The van der Waals surface area contributed by atoms with E-state index in [1.165, 1.54) is 12.1 Å². The lowest BCUT2D eigenvalue weighted by Gasteiger charge is -2.22. The highest BCUT2D eigenvalue weighted by atomic mass is 19.1. The first-order valence-corrected chi connectivity index (χ1v) is 7.22. The quantitative estimate of drug-likeness (QED) is 0.888. The Balaban J connectivity index is 2.33. The van der Waals surface area contributed by atoms with Gasteiger partial charge in [0.05, 0.1) is 0 Å². The first kappa shape index (κ1) is 15.4. The average Bonchev–Trinajstić information content (AvgIpc) is 2.47. The summed E-state index contributed by atoms with van der Waals surface area (Å²) in [4.78, 5) is 12.5. The summed E-state index contributed by atoms with van der Waals surface area (Å²) in [6.45, 7) is 4.61. The third-order valence-corrected chi connectivity index (χ3v) is 3.71. The van der Waals surface area contributed by atoms with Crippen molar-refractivity contribution in [1.82, 2.24) is 5.32 Å². The van der Waals surface area contributed by atoms with E-state index in [1.54, 1.807) is 24.3 Å². The number of benzene rings is 2. The van der Waals surface area contributed by atoms with Crippen LogP contribution < -0.4 is 11.1 Å². The van der Waals surface area contributed by atoms with Gasteiger partial charge in [-0.15, -0.1) is 0 Å². The Kier molecular flexibility index (Phi) is 4.91. The van der Waals surface area contributed by atoms with Crippen LogP contribution in [0.5, 0.6) is 0 Å². The zero-order chi connectivity index (χ0) is 15.4. The molecule has 1 unspecified atom stereocenters. The van der Waals surface area contributed by atoms with Gasteiger partial charge in [0.15, 0.2) is 0 Å². The molecule has 1 amide bonds. The lowest BCUT2D eigenvalue weighted by atomic mass is 9.99. The van der Waals surface area contributed by atoms with E-state index in [-0.39, 0.29) is 17.8 Å². The molecule has 0 spiro atoms. The van der Waals surface area contributed by atoms with Crippen LogP contribution in [0.25, 0.3) is 10.8 Å². The molecule has 0 saturated heterocycles. The molecule has 1 atom stereocenters. The third kappa shape index (κ3) is 3.39. The highest BCUT2D eigenvalue weighted by Crippen LogP contribution is 2.22. The summed E-state index contributed by atoms with van der Waals surface area (Å²) in [6, 6.07) is 9.90. The van der Waals surface area contributed by atoms with Crippen LogP contribution in [0.4, 0.5) is 4.39 Å². The maximum absolute atomic E-state index is 13.8. The maximum Gasteiger partial charge on any atom is 0.252 e. The SMILES string of the molecule is CC(C)C(CCN)NC(=O)c1ccc(F)c2ccccc12. The molecule has 112 valence electrons. The van der Waals surface area contributed by atoms with Crippen LogP contribution in [0.2, 0.25) is 0 Å². The molecule has 0 radical (unpaired) electrons. The summed E-state index contributed by atoms with van der Waals surface area (Å²) in [5, 5.41) is 4.10. The lowest BCUT2D eigenvalue weighted by molar-refractivity contribution is 0.0925. The topological polar surface area (TPSA) is 55.1 Å². The zero-order valence-corrected chi connectivity index (χ0v) is 12.4. The molecule has 0 aromatic heterocycles. The second kappa shape index (κ2) is 6.68. The fraction of sp³-hybridized carbons (Fsp3) is 0.353. The molecule has 4 heteroatoms. The molecule has 3 N–H and O–H groups in total. The Bertz CT molecular complexity index is 640. The van der Waals surface area contributed by atoms with E-state index in [2.05, 4.69) is 5.32 Å². The lowest BCUT2D eigenvalue weighted by Crippen LogP contribution is -2.40. The molecular weight excluding hydrogens is 267 g/mol. The van der Waals surface area contributed by atoms with Crippen molar-refractivity contribution in [1.29, 1.82) is 0 Å². The largest absolute Gasteiger partial charge is 0.349 e. The highest BCUT2D eigenvalue weighted by Gasteiger charge is 2.18. The highest BCUT2D eigenvalue weighted by molar-refractivity contribution is 6.07. The number of carbonyl (C=O) groups is 1. The summed E-state index contributed by atoms with van der Waals surface area (Å²) < 4.78 is 13.8. The van der Waals surface area contributed by atoms with E-state index >= 15 is 0 Å². The van der Waals surface area contributed by atoms with E-state index in [4.69, 9.17) is 5.73 Å². The van der Waals surface area contributed by atoms with Crippen LogP contribution in [-0.4, -0.2) is 18.5 Å². The minimum atomic E-state index is -0.315. The van der Waals surface area contributed by atoms with Crippen LogP contribution in [0, 0.1) is 11.7 Å². The van der Waals surface area contributed by atoms with Gasteiger partial charge in [0.1, 0.15) is 5.82 Å². The number of hydrogen-bond acceptors (Lipinski definition) is 2. The summed E-state index contributed by atoms with van der Waals surface area (Å²) in [5.74, 6) is -0.202. The Hall–Kier alpha value is -1.94. The van der Waals surface area contributed by atoms with Crippen LogP contribution in [0.3, 0.4) is 0 Å². The Labute approximate surface area is 124 Å². The Morgan fingerprint density at radius 3 is 2.48 bits per heavy atom. The number of nitrogens with two attached hydrogens (primary N) is 1. The Morgan fingerprint density at radius 1 is 1.19 bits per heavy atom. The van der Waals surface area contributed by atoms with E-state index < -0.39 is 0 Å². The minimum absolute atomic E-state index is 0.0197. The molecule has 0 bridgehead atoms. The molecule has 2 aromatic carbocycles. The fourth-order valence-electron chi connectivity index (χ4n) is 2.46. The number of amides is 1. The summed E-state index contributed by atoms with van der Waals surface area (Å²) in [5.41, 5.74) is 6.09. The van der Waals surface area contributed by atoms with Crippen LogP contribution in [0.1, 0.15) is 30.6 Å². The molecule has 0 fully saturated rings.